The summed E-state index contributed by atoms with van der Waals surface area (Å²) in [6.45, 7) is 2.09. The summed E-state index contributed by atoms with van der Waals surface area (Å²) in [4.78, 5) is 17.1. The van der Waals surface area contributed by atoms with Gasteiger partial charge in [0.05, 0.1) is 17.3 Å². The first-order chi connectivity index (χ1) is 12.2. The minimum absolute atomic E-state index is 0.231. The summed E-state index contributed by atoms with van der Waals surface area (Å²) in [6.07, 6.45) is 0.901. The molecule has 2 aromatic heterocycles. The van der Waals surface area contributed by atoms with Crippen LogP contribution in [0, 0.1) is 0 Å². The molecule has 0 saturated carbocycles. The molecular formula is C19H16N2O3S. The third kappa shape index (κ3) is 2.74. The highest BCUT2D eigenvalue weighted by Gasteiger charge is 2.17. The highest BCUT2D eigenvalue weighted by Crippen LogP contribution is 2.31. The van der Waals surface area contributed by atoms with Crippen LogP contribution in [-0.4, -0.2) is 18.0 Å². The number of anilines is 1. The number of hydrogen-bond acceptors (Lipinski definition) is 5. The zero-order chi connectivity index (χ0) is 17.4. The Balaban J connectivity index is 1.66. The van der Waals surface area contributed by atoms with Gasteiger partial charge in [0, 0.05) is 5.39 Å². The molecule has 4 rings (SSSR count). The highest BCUT2D eigenvalue weighted by atomic mass is 32.1. The third-order valence-electron chi connectivity index (χ3n) is 4.06. The molecule has 1 N–H and O–H groups in total. The summed E-state index contributed by atoms with van der Waals surface area (Å²) in [5.41, 5.74) is 2.67. The lowest BCUT2D eigenvalue weighted by atomic mass is 10.1. The van der Waals surface area contributed by atoms with Crippen molar-refractivity contribution in [1.29, 1.82) is 0 Å². The van der Waals surface area contributed by atoms with Crippen LogP contribution >= 0.6 is 11.3 Å². The van der Waals surface area contributed by atoms with Crippen molar-refractivity contribution in [3.05, 3.63) is 53.8 Å². The van der Waals surface area contributed by atoms with Crippen molar-refractivity contribution in [2.24, 2.45) is 0 Å². The van der Waals surface area contributed by atoms with Gasteiger partial charge >= 0.3 is 0 Å². The second-order valence-corrected chi connectivity index (χ2v) is 6.61. The Bertz CT molecular complexity index is 1080. The molecule has 126 valence electrons. The minimum Gasteiger partial charge on any atom is -0.493 e. The molecule has 2 heterocycles. The van der Waals surface area contributed by atoms with Crippen LogP contribution in [0.3, 0.4) is 0 Å². The van der Waals surface area contributed by atoms with Crippen LogP contribution in [0.5, 0.6) is 5.75 Å². The van der Waals surface area contributed by atoms with Gasteiger partial charge in [-0.1, -0.05) is 42.5 Å². The summed E-state index contributed by atoms with van der Waals surface area (Å²) in [6, 6.07) is 13.3. The van der Waals surface area contributed by atoms with Crippen LogP contribution in [0.2, 0.25) is 0 Å². The van der Waals surface area contributed by atoms with Crippen molar-refractivity contribution in [3.8, 4) is 5.75 Å². The number of para-hydroxylation sites is 2. The van der Waals surface area contributed by atoms with Gasteiger partial charge in [-0.3, -0.25) is 10.1 Å². The lowest BCUT2D eigenvalue weighted by Gasteiger charge is -1.99. The number of fused-ring (bicyclic) bond motifs is 2. The Morgan fingerprint density at radius 1 is 1.28 bits per heavy atom. The zero-order valence-electron chi connectivity index (χ0n) is 13.8. The summed E-state index contributed by atoms with van der Waals surface area (Å²) < 4.78 is 12.0. The van der Waals surface area contributed by atoms with Gasteiger partial charge in [-0.2, -0.15) is 0 Å². The maximum atomic E-state index is 12.5. The summed E-state index contributed by atoms with van der Waals surface area (Å²) >= 11 is 1.45. The molecular weight excluding hydrogens is 336 g/mol. The van der Waals surface area contributed by atoms with E-state index in [1.54, 1.807) is 19.2 Å². The lowest BCUT2D eigenvalue weighted by Crippen LogP contribution is -2.10. The van der Waals surface area contributed by atoms with Crippen LogP contribution in [0.1, 0.15) is 23.0 Å². The molecule has 0 saturated heterocycles. The molecule has 0 atom stereocenters. The van der Waals surface area contributed by atoms with Crippen molar-refractivity contribution in [2.45, 2.75) is 13.3 Å². The molecule has 0 radical (unpaired) electrons. The number of methoxy groups -OCH3 is 1. The number of carbonyl (C=O) groups is 1. The van der Waals surface area contributed by atoms with Crippen LogP contribution in [0.25, 0.3) is 21.2 Å². The lowest BCUT2D eigenvalue weighted by molar-refractivity contribution is 0.0998. The fraction of sp³-hybridized carbons (Fsp3) is 0.158. The largest absolute Gasteiger partial charge is 0.493 e. The molecule has 25 heavy (non-hydrogen) atoms. The first-order valence-corrected chi connectivity index (χ1v) is 8.77. The number of amides is 1. The summed E-state index contributed by atoms with van der Waals surface area (Å²) in [7, 11) is 1.57. The number of nitrogens with one attached hydrogen (secondary N) is 1. The number of aromatic nitrogens is 1. The van der Waals surface area contributed by atoms with E-state index in [1.165, 1.54) is 16.9 Å². The van der Waals surface area contributed by atoms with Gasteiger partial charge in [0.15, 0.2) is 22.2 Å². The molecule has 0 aliphatic carbocycles. The number of hydrogen-bond donors (Lipinski definition) is 1. The first kappa shape index (κ1) is 15.7. The van der Waals surface area contributed by atoms with Gasteiger partial charge in [0.25, 0.3) is 5.91 Å². The van der Waals surface area contributed by atoms with E-state index in [2.05, 4.69) is 23.3 Å². The monoisotopic (exact) mass is 352 g/mol. The van der Waals surface area contributed by atoms with Crippen molar-refractivity contribution in [2.75, 3.05) is 12.4 Å². The van der Waals surface area contributed by atoms with E-state index in [9.17, 15) is 4.79 Å². The molecule has 0 fully saturated rings. The molecule has 0 aliphatic rings. The molecule has 2 aromatic carbocycles. The minimum atomic E-state index is -0.324. The molecule has 0 unspecified atom stereocenters. The number of thiazole rings is 1. The number of rotatable bonds is 4. The van der Waals surface area contributed by atoms with Crippen molar-refractivity contribution >= 4 is 43.6 Å². The van der Waals surface area contributed by atoms with Crippen molar-refractivity contribution < 1.29 is 13.9 Å². The number of nitrogens with zero attached hydrogens (tertiary/aromatic N) is 1. The van der Waals surface area contributed by atoms with Gasteiger partial charge < -0.3 is 9.15 Å². The van der Waals surface area contributed by atoms with Gasteiger partial charge in [0.1, 0.15) is 0 Å². The third-order valence-corrected chi connectivity index (χ3v) is 4.99. The van der Waals surface area contributed by atoms with Gasteiger partial charge in [0.2, 0.25) is 0 Å². The Labute approximate surface area is 148 Å². The molecule has 5 nitrogen and oxygen atoms in total. The Kier molecular flexibility index (Phi) is 3.89. The standard InChI is InChI=1S/C19H16N2O3S/c1-3-11-6-5-9-15-16(11)20-19(25-15)21-18(22)14-10-12-7-4-8-13(23-2)17(12)24-14/h4-10H,3H2,1-2H3,(H,20,21,22). The predicted molar refractivity (Wildman–Crippen MR) is 99.7 cm³/mol. The van der Waals surface area contributed by atoms with Gasteiger partial charge in [-0.05, 0) is 30.2 Å². The number of aryl methyl sites for hydroxylation is 1. The number of carbonyl (C=O) groups excluding carboxylic acids is 1. The van der Waals surface area contributed by atoms with Crippen LogP contribution in [0.4, 0.5) is 5.13 Å². The van der Waals surface area contributed by atoms with E-state index in [1.807, 2.05) is 24.3 Å². The van der Waals surface area contributed by atoms with E-state index in [0.717, 1.165) is 22.0 Å². The summed E-state index contributed by atoms with van der Waals surface area (Å²) in [5, 5.41) is 4.22. The molecule has 1 amide bonds. The van der Waals surface area contributed by atoms with Crippen LogP contribution in [-0.2, 0) is 6.42 Å². The average molecular weight is 352 g/mol. The van der Waals surface area contributed by atoms with E-state index in [0.29, 0.717) is 16.5 Å². The topological polar surface area (TPSA) is 64.4 Å². The predicted octanol–water partition coefficient (Wildman–Crippen LogP) is 4.87. The summed E-state index contributed by atoms with van der Waals surface area (Å²) in [5.74, 6) is 0.508. The smallest absolute Gasteiger partial charge is 0.293 e. The molecule has 0 bridgehead atoms. The molecule has 0 aliphatic heterocycles. The fourth-order valence-corrected chi connectivity index (χ4v) is 3.72. The second-order valence-electron chi connectivity index (χ2n) is 5.58. The van der Waals surface area contributed by atoms with E-state index < -0.39 is 0 Å². The second kappa shape index (κ2) is 6.22. The van der Waals surface area contributed by atoms with Crippen LogP contribution in [0.15, 0.2) is 46.9 Å². The highest BCUT2D eigenvalue weighted by molar-refractivity contribution is 7.22. The van der Waals surface area contributed by atoms with Crippen molar-refractivity contribution in [1.82, 2.24) is 4.98 Å². The Morgan fingerprint density at radius 3 is 2.92 bits per heavy atom. The van der Waals surface area contributed by atoms with Gasteiger partial charge in [-0.15, -0.1) is 0 Å². The first-order valence-electron chi connectivity index (χ1n) is 7.96. The van der Waals surface area contributed by atoms with Gasteiger partial charge in [-0.25, -0.2) is 4.98 Å². The Morgan fingerprint density at radius 2 is 2.12 bits per heavy atom. The SMILES string of the molecule is CCc1cccc2sc(NC(=O)c3cc4cccc(OC)c4o3)nc12. The average Bonchev–Trinajstić information content (AvgIpc) is 3.24. The van der Waals surface area contributed by atoms with Crippen molar-refractivity contribution in [3.63, 3.8) is 0 Å². The van der Waals surface area contributed by atoms with E-state index >= 15 is 0 Å². The maximum absolute atomic E-state index is 12.5. The van der Waals surface area contributed by atoms with E-state index in [4.69, 9.17) is 9.15 Å². The Hall–Kier alpha value is -2.86. The number of benzene rings is 2. The number of ether oxygens (including phenoxy) is 1. The molecule has 6 heteroatoms. The van der Waals surface area contributed by atoms with E-state index in [-0.39, 0.29) is 11.7 Å². The maximum Gasteiger partial charge on any atom is 0.293 e. The fourth-order valence-electron chi connectivity index (χ4n) is 2.81. The quantitative estimate of drug-likeness (QED) is 0.569. The number of furan rings is 1. The van der Waals surface area contributed by atoms with Crippen LogP contribution < -0.4 is 10.1 Å². The molecule has 4 aromatic rings. The zero-order valence-corrected chi connectivity index (χ0v) is 14.6. The molecule has 0 spiro atoms. The normalized spacial score (nSPS) is 11.1.